The molecule has 0 spiro atoms. The lowest BCUT2D eigenvalue weighted by molar-refractivity contribution is -0.137. The first-order valence-electron chi connectivity index (χ1n) is 6.47. The molecule has 0 amide bonds. The maximum atomic E-state index is 12.6. The Morgan fingerprint density at radius 1 is 0.900 bits per heavy atom. The van der Waals surface area contributed by atoms with Crippen molar-refractivity contribution in [1.82, 2.24) is 0 Å². The molecule has 1 nitrogen and oxygen atoms in total. The van der Waals surface area contributed by atoms with Crippen LogP contribution in [0.15, 0.2) is 48.5 Å². The first kappa shape index (κ1) is 13.0. The Kier molecular flexibility index (Phi) is 3.16. The Bertz CT molecular complexity index is 615. The van der Waals surface area contributed by atoms with Gasteiger partial charge in [-0.2, -0.15) is 13.2 Å². The van der Waals surface area contributed by atoms with Crippen LogP contribution < -0.4 is 4.74 Å². The van der Waals surface area contributed by atoms with Gasteiger partial charge in [-0.05, 0) is 54.7 Å². The second kappa shape index (κ2) is 4.85. The predicted octanol–water partition coefficient (Wildman–Crippen LogP) is 5.38. The smallest absolute Gasteiger partial charge is 0.416 e. The van der Waals surface area contributed by atoms with E-state index < -0.39 is 11.7 Å². The molecule has 0 radical (unpaired) electrons. The molecule has 0 saturated heterocycles. The molecule has 20 heavy (non-hydrogen) atoms. The molecule has 3 rings (SSSR count). The molecular formula is C16H13F3O. The van der Waals surface area contributed by atoms with Crippen LogP contribution in [0.5, 0.6) is 11.5 Å². The van der Waals surface area contributed by atoms with Crippen molar-refractivity contribution in [1.29, 1.82) is 0 Å². The zero-order valence-corrected chi connectivity index (χ0v) is 10.7. The van der Waals surface area contributed by atoms with Crippen LogP contribution >= 0.6 is 0 Å². The van der Waals surface area contributed by atoms with Crippen molar-refractivity contribution in [2.75, 3.05) is 0 Å². The lowest BCUT2D eigenvalue weighted by atomic mass is 10.1. The molecule has 4 heteroatoms. The largest absolute Gasteiger partial charge is 0.457 e. The predicted molar refractivity (Wildman–Crippen MR) is 69.9 cm³/mol. The lowest BCUT2D eigenvalue weighted by Crippen LogP contribution is -2.04. The Morgan fingerprint density at radius 2 is 1.55 bits per heavy atom. The first-order valence-corrected chi connectivity index (χ1v) is 6.47. The highest BCUT2D eigenvalue weighted by Crippen LogP contribution is 2.41. The van der Waals surface area contributed by atoms with E-state index in [1.807, 2.05) is 18.2 Å². The zero-order valence-electron chi connectivity index (χ0n) is 10.7. The number of halogens is 3. The number of alkyl halides is 3. The SMILES string of the molecule is FC(F)(F)c1cccc(Oc2cccc(C3CC3)c2)c1. The molecular weight excluding hydrogens is 265 g/mol. The third-order valence-electron chi connectivity index (χ3n) is 3.30. The van der Waals surface area contributed by atoms with E-state index in [9.17, 15) is 13.2 Å². The molecule has 1 aliphatic carbocycles. The van der Waals surface area contributed by atoms with E-state index in [4.69, 9.17) is 4.74 Å². The monoisotopic (exact) mass is 278 g/mol. The molecule has 0 N–H and O–H groups in total. The van der Waals surface area contributed by atoms with Gasteiger partial charge in [0.25, 0.3) is 0 Å². The molecule has 0 aromatic heterocycles. The Balaban J connectivity index is 1.82. The molecule has 0 bridgehead atoms. The number of rotatable bonds is 3. The summed E-state index contributed by atoms with van der Waals surface area (Å²) in [5.74, 6) is 1.36. The Morgan fingerprint density at radius 3 is 2.20 bits per heavy atom. The first-order chi connectivity index (χ1) is 9.52. The van der Waals surface area contributed by atoms with Crippen molar-refractivity contribution in [2.45, 2.75) is 24.9 Å². The van der Waals surface area contributed by atoms with Gasteiger partial charge < -0.3 is 4.74 Å². The van der Waals surface area contributed by atoms with E-state index in [-0.39, 0.29) is 5.75 Å². The minimum absolute atomic E-state index is 0.202. The third-order valence-corrected chi connectivity index (χ3v) is 3.30. The van der Waals surface area contributed by atoms with Crippen LogP contribution in [0, 0.1) is 0 Å². The van der Waals surface area contributed by atoms with Crippen LogP contribution in [0.2, 0.25) is 0 Å². The summed E-state index contributed by atoms with van der Waals surface area (Å²) in [6.07, 6.45) is -2.00. The molecule has 104 valence electrons. The van der Waals surface area contributed by atoms with Crippen LogP contribution in [-0.2, 0) is 6.18 Å². The van der Waals surface area contributed by atoms with Gasteiger partial charge in [0, 0.05) is 0 Å². The third kappa shape index (κ3) is 2.95. The molecule has 0 aliphatic heterocycles. The van der Waals surface area contributed by atoms with Crippen molar-refractivity contribution in [2.24, 2.45) is 0 Å². The molecule has 0 unspecified atom stereocenters. The minimum atomic E-state index is -4.35. The molecule has 0 heterocycles. The molecule has 0 atom stereocenters. The van der Waals surface area contributed by atoms with Gasteiger partial charge in [0.2, 0.25) is 0 Å². The number of hydrogen-bond donors (Lipinski definition) is 0. The molecule has 2 aromatic rings. The summed E-state index contributed by atoms with van der Waals surface area (Å²) in [7, 11) is 0. The van der Waals surface area contributed by atoms with E-state index >= 15 is 0 Å². The van der Waals surface area contributed by atoms with Crippen molar-refractivity contribution in [3.63, 3.8) is 0 Å². The highest BCUT2D eigenvalue weighted by atomic mass is 19.4. The average Bonchev–Trinajstić information content (AvgIpc) is 3.23. The Hall–Kier alpha value is -1.97. The van der Waals surface area contributed by atoms with Gasteiger partial charge >= 0.3 is 6.18 Å². The fraction of sp³-hybridized carbons (Fsp3) is 0.250. The van der Waals surface area contributed by atoms with Crippen molar-refractivity contribution < 1.29 is 17.9 Å². The summed E-state index contributed by atoms with van der Waals surface area (Å²) in [4.78, 5) is 0. The average molecular weight is 278 g/mol. The standard InChI is InChI=1S/C16H13F3O/c17-16(18,19)13-4-2-6-15(10-13)20-14-5-1-3-12(9-14)11-7-8-11/h1-6,9-11H,7-8H2. The molecule has 1 saturated carbocycles. The fourth-order valence-electron chi connectivity index (χ4n) is 2.12. The zero-order chi connectivity index (χ0) is 14.2. The summed E-state index contributed by atoms with van der Waals surface area (Å²) in [6, 6.07) is 12.5. The van der Waals surface area contributed by atoms with Gasteiger partial charge in [-0.15, -0.1) is 0 Å². The fourth-order valence-corrected chi connectivity index (χ4v) is 2.12. The van der Waals surface area contributed by atoms with Gasteiger partial charge in [-0.3, -0.25) is 0 Å². The summed E-state index contributed by atoms with van der Waals surface area (Å²) in [5.41, 5.74) is 0.489. The van der Waals surface area contributed by atoms with E-state index in [2.05, 4.69) is 0 Å². The van der Waals surface area contributed by atoms with Crippen LogP contribution in [0.3, 0.4) is 0 Å². The number of ether oxygens (including phenoxy) is 1. The van der Waals surface area contributed by atoms with Gasteiger partial charge in [-0.1, -0.05) is 18.2 Å². The van der Waals surface area contributed by atoms with Crippen LogP contribution in [0.1, 0.15) is 29.9 Å². The lowest BCUT2D eigenvalue weighted by Gasteiger charge is -2.10. The topological polar surface area (TPSA) is 9.23 Å². The van der Waals surface area contributed by atoms with E-state index in [1.54, 1.807) is 6.07 Å². The summed E-state index contributed by atoms with van der Waals surface area (Å²) < 4.78 is 43.4. The molecule has 1 aliphatic rings. The Labute approximate surface area is 115 Å². The van der Waals surface area contributed by atoms with Gasteiger partial charge in [0.15, 0.2) is 0 Å². The van der Waals surface area contributed by atoms with Crippen molar-refractivity contribution in [3.05, 3.63) is 59.7 Å². The highest BCUT2D eigenvalue weighted by Gasteiger charge is 2.30. The number of hydrogen-bond acceptors (Lipinski definition) is 1. The van der Waals surface area contributed by atoms with Gasteiger partial charge in [-0.25, -0.2) is 0 Å². The van der Waals surface area contributed by atoms with Crippen molar-refractivity contribution in [3.8, 4) is 11.5 Å². The van der Waals surface area contributed by atoms with Crippen LogP contribution in [-0.4, -0.2) is 0 Å². The van der Waals surface area contributed by atoms with E-state index in [0.717, 1.165) is 12.1 Å². The minimum Gasteiger partial charge on any atom is -0.457 e. The van der Waals surface area contributed by atoms with E-state index in [1.165, 1.54) is 30.5 Å². The normalized spacial score (nSPS) is 15.2. The quantitative estimate of drug-likeness (QED) is 0.732. The summed E-state index contributed by atoms with van der Waals surface area (Å²) in [6.45, 7) is 0. The number of benzene rings is 2. The molecule has 1 fully saturated rings. The second-order valence-electron chi connectivity index (χ2n) is 4.97. The second-order valence-corrected chi connectivity index (χ2v) is 4.97. The van der Waals surface area contributed by atoms with Crippen molar-refractivity contribution >= 4 is 0 Å². The molecule has 2 aromatic carbocycles. The van der Waals surface area contributed by atoms with E-state index in [0.29, 0.717) is 11.7 Å². The maximum absolute atomic E-state index is 12.6. The van der Waals surface area contributed by atoms with Gasteiger partial charge in [0.1, 0.15) is 11.5 Å². The summed E-state index contributed by atoms with van der Waals surface area (Å²) >= 11 is 0. The van der Waals surface area contributed by atoms with Crippen LogP contribution in [0.25, 0.3) is 0 Å². The van der Waals surface area contributed by atoms with Crippen LogP contribution in [0.4, 0.5) is 13.2 Å². The highest BCUT2D eigenvalue weighted by molar-refractivity contribution is 5.38. The maximum Gasteiger partial charge on any atom is 0.416 e. The van der Waals surface area contributed by atoms with Gasteiger partial charge in [0.05, 0.1) is 5.56 Å². The summed E-state index contributed by atoms with van der Waals surface area (Å²) in [5, 5.41) is 0.